The van der Waals surface area contributed by atoms with Gasteiger partial charge in [-0.3, -0.25) is 4.79 Å². The third-order valence-electron chi connectivity index (χ3n) is 7.13. The first-order valence-corrected chi connectivity index (χ1v) is 14.4. The predicted octanol–water partition coefficient (Wildman–Crippen LogP) is 4.72. The molecule has 41 heavy (non-hydrogen) atoms. The van der Waals surface area contributed by atoms with Crippen molar-refractivity contribution in [2.75, 3.05) is 44.3 Å². The molecule has 1 aliphatic heterocycles. The van der Waals surface area contributed by atoms with Gasteiger partial charge in [-0.2, -0.15) is 9.97 Å². The van der Waals surface area contributed by atoms with Crippen LogP contribution >= 0.6 is 11.3 Å². The maximum absolute atomic E-state index is 13.3. The molecule has 5 aromatic rings. The number of carbonyl (C=O) groups excluding carboxylic acids is 1. The second kappa shape index (κ2) is 12.1. The highest BCUT2D eigenvalue weighted by Crippen LogP contribution is 2.38. The molecule has 6 rings (SSSR count). The number of rotatable bonds is 8. The van der Waals surface area contributed by atoms with Crippen LogP contribution < -0.4 is 9.64 Å². The van der Waals surface area contributed by atoms with E-state index in [1.54, 1.807) is 11.3 Å². The molecule has 0 spiro atoms. The van der Waals surface area contributed by atoms with E-state index in [2.05, 4.69) is 40.2 Å². The normalized spacial score (nSPS) is 14.3. The molecule has 1 amide bonds. The monoisotopic (exact) mass is 566 g/mol. The number of aliphatic hydroxyl groups excluding tert-OH is 2. The number of hydrogen-bond acceptors (Lipinski definition) is 8. The third-order valence-corrected chi connectivity index (χ3v) is 8.21. The highest BCUT2D eigenvalue weighted by molar-refractivity contribution is 7.21. The van der Waals surface area contributed by atoms with Gasteiger partial charge in [0.05, 0.1) is 12.0 Å². The number of aromatic nitrogens is 2. The fourth-order valence-electron chi connectivity index (χ4n) is 4.90. The Balaban J connectivity index is 1.21. The Kier molecular flexibility index (Phi) is 7.91. The molecule has 1 aliphatic rings. The van der Waals surface area contributed by atoms with Crippen LogP contribution in [0.1, 0.15) is 10.4 Å². The number of anilines is 1. The minimum absolute atomic E-state index is 0.0148. The van der Waals surface area contributed by atoms with Crippen molar-refractivity contribution in [2.45, 2.75) is 6.10 Å². The lowest BCUT2D eigenvalue weighted by molar-refractivity contribution is 0.0506. The molecular weight excluding hydrogens is 536 g/mol. The fraction of sp³-hybridized carbons (Fsp3) is 0.219. The molecule has 9 heteroatoms. The van der Waals surface area contributed by atoms with Crippen LogP contribution in [0.5, 0.6) is 6.01 Å². The molecule has 1 unspecified atom stereocenters. The number of carbonyl (C=O) groups is 1. The zero-order valence-electron chi connectivity index (χ0n) is 22.4. The van der Waals surface area contributed by atoms with Crippen molar-refractivity contribution in [1.82, 2.24) is 14.9 Å². The van der Waals surface area contributed by atoms with Gasteiger partial charge in [0, 0.05) is 36.6 Å². The van der Waals surface area contributed by atoms with Crippen LogP contribution in [0.25, 0.3) is 31.8 Å². The maximum Gasteiger partial charge on any atom is 0.319 e. The lowest BCUT2D eigenvalue weighted by Gasteiger charge is -2.35. The van der Waals surface area contributed by atoms with Gasteiger partial charge in [-0.15, -0.1) is 11.3 Å². The van der Waals surface area contributed by atoms with E-state index < -0.39 is 12.7 Å². The second-order valence-corrected chi connectivity index (χ2v) is 10.9. The maximum atomic E-state index is 13.3. The first-order chi connectivity index (χ1) is 20.1. The van der Waals surface area contributed by atoms with Crippen molar-refractivity contribution in [2.24, 2.45) is 0 Å². The molecule has 1 saturated heterocycles. The summed E-state index contributed by atoms with van der Waals surface area (Å²) in [7, 11) is 0. The average molecular weight is 567 g/mol. The van der Waals surface area contributed by atoms with Crippen LogP contribution in [0.4, 0.5) is 5.82 Å². The van der Waals surface area contributed by atoms with Gasteiger partial charge in [0.2, 0.25) is 0 Å². The largest absolute Gasteiger partial charge is 0.461 e. The first kappa shape index (κ1) is 26.9. The number of thiophene rings is 1. The molecule has 1 fully saturated rings. The van der Waals surface area contributed by atoms with Crippen molar-refractivity contribution in [3.8, 4) is 27.6 Å². The molecule has 2 N–H and O–H groups in total. The molecule has 8 nitrogen and oxygen atoms in total. The van der Waals surface area contributed by atoms with Crippen LogP contribution in [-0.2, 0) is 0 Å². The SMILES string of the molecule is O=C(c1ccc(-c2ccccc2)cc1)N1CCN(c2nc(OCC(O)CO)nc3sc(-c4ccccc4)cc23)CC1. The Bertz CT molecular complexity index is 1620. The van der Waals surface area contributed by atoms with Gasteiger partial charge in [0.1, 0.15) is 23.4 Å². The van der Waals surface area contributed by atoms with E-state index in [0.717, 1.165) is 37.6 Å². The molecule has 208 valence electrons. The summed E-state index contributed by atoms with van der Waals surface area (Å²) in [6.07, 6.45) is -1.02. The standard InChI is InChI=1S/C32H30N4O4S/c37-20-26(38)21-40-32-33-29(27-19-28(41-30(27)34-32)24-9-5-2-6-10-24)35-15-17-36(18-16-35)31(39)25-13-11-23(12-14-25)22-7-3-1-4-8-22/h1-14,19,26,37-38H,15-18,20-21H2. The lowest BCUT2D eigenvalue weighted by atomic mass is 10.0. The molecule has 0 radical (unpaired) electrons. The van der Waals surface area contributed by atoms with Gasteiger partial charge in [0.15, 0.2) is 0 Å². The van der Waals surface area contributed by atoms with Crippen LogP contribution in [0.15, 0.2) is 91.0 Å². The van der Waals surface area contributed by atoms with E-state index in [1.165, 1.54) is 0 Å². The molecule has 1 atom stereocenters. The van der Waals surface area contributed by atoms with Crippen molar-refractivity contribution >= 4 is 33.3 Å². The van der Waals surface area contributed by atoms with E-state index >= 15 is 0 Å². The molecule has 0 aliphatic carbocycles. The van der Waals surface area contributed by atoms with Crippen LogP contribution in [0.2, 0.25) is 0 Å². The van der Waals surface area contributed by atoms with Crippen molar-refractivity contribution in [3.63, 3.8) is 0 Å². The minimum atomic E-state index is -1.02. The summed E-state index contributed by atoms with van der Waals surface area (Å²) in [5.74, 6) is 0.752. The average Bonchev–Trinajstić information content (AvgIpc) is 3.48. The molecule has 3 heterocycles. The van der Waals surface area contributed by atoms with E-state index in [9.17, 15) is 15.0 Å². The van der Waals surface area contributed by atoms with Gasteiger partial charge in [-0.1, -0.05) is 72.8 Å². The Labute approximate surface area is 242 Å². The molecule has 2 aromatic heterocycles. The Hall–Kier alpha value is -4.31. The highest BCUT2D eigenvalue weighted by Gasteiger charge is 2.26. The smallest absolute Gasteiger partial charge is 0.319 e. The Morgan fingerprint density at radius 3 is 2.15 bits per heavy atom. The van der Waals surface area contributed by atoms with Crippen LogP contribution in [-0.4, -0.2) is 76.5 Å². The van der Waals surface area contributed by atoms with Gasteiger partial charge >= 0.3 is 6.01 Å². The zero-order valence-corrected chi connectivity index (χ0v) is 23.2. The predicted molar refractivity (Wildman–Crippen MR) is 161 cm³/mol. The number of benzene rings is 3. The van der Waals surface area contributed by atoms with Crippen LogP contribution in [0, 0.1) is 0 Å². The fourth-order valence-corrected chi connectivity index (χ4v) is 5.92. The number of ether oxygens (including phenoxy) is 1. The molecule has 0 saturated carbocycles. The van der Waals surface area contributed by atoms with E-state index in [1.807, 2.05) is 65.6 Å². The summed E-state index contributed by atoms with van der Waals surface area (Å²) in [6, 6.07) is 30.2. The number of hydrogen-bond donors (Lipinski definition) is 2. The Morgan fingerprint density at radius 2 is 1.49 bits per heavy atom. The number of fused-ring (bicyclic) bond motifs is 1. The zero-order chi connectivity index (χ0) is 28.2. The third kappa shape index (κ3) is 5.92. The van der Waals surface area contributed by atoms with E-state index in [4.69, 9.17) is 9.72 Å². The highest BCUT2D eigenvalue weighted by atomic mass is 32.1. The van der Waals surface area contributed by atoms with Crippen molar-refractivity contribution in [3.05, 3.63) is 96.6 Å². The summed E-state index contributed by atoms with van der Waals surface area (Å²) >= 11 is 1.55. The quantitative estimate of drug-likeness (QED) is 0.280. The number of nitrogens with zero attached hydrogens (tertiary/aromatic N) is 4. The van der Waals surface area contributed by atoms with Crippen molar-refractivity contribution in [1.29, 1.82) is 0 Å². The topological polar surface area (TPSA) is 99.0 Å². The van der Waals surface area contributed by atoms with Gasteiger partial charge in [0.25, 0.3) is 5.91 Å². The minimum Gasteiger partial charge on any atom is -0.461 e. The molecular formula is C32H30N4O4S. The van der Waals surface area contributed by atoms with Crippen LogP contribution in [0.3, 0.4) is 0 Å². The Morgan fingerprint density at radius 1 is 0.854 bits per heavy atom. The molecule has 0 bridgehead atoms. The van der Waals surface area contributed by atoms with E-state index in [0.29, 0.717) is 31.7 Å². The summed E-state index contributed by atoms with van der Waals surface area (Å²) < 4.78 is 5.66. The summed E-state index contributed by atoms with van der Waals surface area (Å²) in [5, 5.41) is 19.9. The summed E-state index contributed by atoms with van der Waals surface area (Å²) in [5.41, 5.74) is 3.96. The first-order valence-electron chi connectivity index (χ1n) is 13.6. The number of aliphatic hydroxyl groups is 2. The summed E-state index contributed by atoms with van der Waals surface area (Å²) in [6.45, 7) is 1.81. The lowest BCUT2D eigenvalue weighted by Crippen LogP contribution is -2.49. The molecule has 3 aromatic carbocycles. The van der Waals surface area contributed by atoms with Gasteiger partial charge < -0.3 is 24.7 Å². The number of piperazine rings is 1. The van der Waals surface area contributed by atoms with Gasteiger partial charge in [-0.25, -0.2) is 0 Å². The second-order valence-electron chi connectivity index (χ2n) is 9.90. The van der Waals surface area contributed by atoms with E-state index in [-0.39, 0.29) is 18.5 Å². The van der Waals surface area contributed by atoms with Crippen molar-refractivity contribution < 1.29 is 19.7 Å². The summed E-state index contributed by atoms with van der Waals surface area (Å²) in [4.78, 5) is 28.5. The number of amides is 1. The van der Waals surface area contributed by atoms with Gasteiger partial charge in [-0.05, 0) is 34.9 Å².